The van der Waals surface area contributed by atoms with Gasteiger partial charge in [-0.2, -0.15) is 5.10 Å². The lowest BCUT2D eigenvalue weighted by molar-refractivity contribution is 0.506. The van der Waals surface area contributed by atoms with Gasteiger partial charge in [0.05, 0.1) is 5.69 Å². The number of hydrogen-bond acceptors (Lipinski definition) is 2. The predicted octanol–water partition coefficient (Wildman–Crippen LogP) is 3.45. The van der Waals surface area contributed by atoms with Crippen LogP contribution in [-0.4, -0.2) is 16.7 Å². The summed E-state index contributed by atoms with van der Waals surface area (Å²) in [6.07, 6.45) is 0. The molecule has 0 radical (unpaired) electrons. The average molecular weight is 299 g/mol. The van der Waals surface area contributed by atoms with Gasteiger partial charge in [0.15, 0.2) is 11.6 Å². The maximum atomic E-state index is 13.4. The molecule has 112 valence electrons. The number of aromatic nitrogens is 2. The summed E-state index contributed by atoms with van der Waals surface area (Å²) in [5, 5.41) is 7.21. The second kappa shape index (κ2) is 6.07. The molecule has 0 aliphatic heterocycles. The number of nitrogens with zero attached hydrogens (tertiary/aromatic N) is 1. The van der Waals surface area contributed by atoms with Crippen molar-refractivity contribution in [3.8, 4) is 11.3 Å². The molecule has 0 fully saturated rings. The summed E-state index contributed by atoms with van der Waals surface area (Å²) >= 11 is 0. The van der Waals surface area contributed by atoms with Crippen molar-refractivity contribution in [3.63, 3.8) is 0 Å². The normalized spacial score (nSPS) is 12.3. The minimum absolute atomic E-state index is 0.264. The van der Waals surface area contributed by atoms with Gasteiger partial charge in [0.25, 0.3) is 0 Å². The van der Waals surface area contributed by atoms with Gasteiger partial charge >= 0.3 is 0 Å². The monoisotopic (exact) mass is 299 g/mol. The van der Waals surface area contributed by atoms with Crippen LogP contribution >= 0.6 is 0 Å². The van der Waals surface area contributed by atoms with Gasteiger partial charge in [-0.1, -0.05) is 36.4 Å². The largest absolute Gasteiger partial charge is 0.329 e. The topological polar surface area (TPSA) is 54.7 Å². The number of aromatic amines is 1. The van der Waals surface area contributed by atoms with Gasteiger partial charge in [-0.25, -0.2) is 8.78 Å². The summed E-state index contributed by atoms with van der Waals surface area (Å²) in [6.45, 7) is 0.265. The molecule has 3 rings (SSSR count). The first kappa shape index (κ1) is 14.4. The molecule has 1 atom stereocenters. The minimum atomic E-state index is -0.876. The Morgan fingerprint density at radius 2 is 1.77 bits per heavy atom. The third-order valence-corrected chi connectivity index (χ3v) is 3.62. The summed E-state index contributed by atoms with van der Waals surface area (Å²) in [5.41, 5.74) is 8.96. The Labute approximate surface area is 126 Å². The van der Waals surface area contributed by atoms with Crippen LogP contribution in [0.15, 0.2) is 54.6 Å². The first-order valence-electron chi connectivity index (χ1n) is 6.95. The molecule has 0 saturated heterocycles. The molecule has 1 unspecified atom stereocenters. The van der Waals surface area contributed by atoms with E-state index in [9.17, 15) is 8.78 Å². The van der Waals surface area contributed by atoms with Gasteiger partial charge in [-0.3, -0.25) is 5.10 Å². The fraction of sp³-hybridized carbons (Fsp3) is 0.118. The Hall–Kier alpha value is -2.53. The zero-order chi connectivity index (χ0) is 15.5. The van der Waals surface area contributed by atoms with Crippen LogP contribution in [0, 0.1) is 11.6 Å². The van der Waals surface area contributed by atoms with Crippen LogP contribution in [0.1, 0.15) is 17.2 Å². The number of benzene rings is 2. The number of nitrogens with two attached hydrogens (primary N) is 1. The van der Waals surface area contributed by atoms with E-state index in [0.717, 1.165) is 23.0 Å². The van der Waals surface area contributed by atoms with Gasteiger partial charge in [-0.05, 0) is 23.8 Å². The Balaban J connectivity index is 1.94. The molecular formula is C17H15F2N3. The fourth-order valence-electron chi connectivity index (χ4n) is 2.44. The summed E-state index contributed by atoms with van der Waals surface area (Å²) in [5.74, 6) is -2.01. The number of rotatable bonds is 4. The molecule has 0 aliphatic carbocycles. The molecule has 3 nitrogen and oxygen atoms in total. The van der Waals surface area contributed by atoms with Crippen molar-refractivity contribution in [2.45, 2.75) is 5.92 Å². The van der Waals surface area contributed by atoms with Gasteiger partial charge in [-0.15, -0.1) is 0 Å². The maximum Gasteiger partial charge on any atom is 0.159 e. The van der Waals surface area contributed by atoms with Crippen LogP contribution in [0.4, 0.5) is 8.78 Å². The second-order valence-corrected chi connectivity index (χ2v) is 5.04. The lowest BCUT2D eigenvalue weighted by atomic mass is 9.95. The Morgan fingerprint density at radius 3 is 2.45 bits per heavy atom. The third kappa shape index (κ3) is 2.76. The predicted molar refractivity (Wildman–Crippen MR) is 81.3 cm³/mol. The van der Waals surface area contributed by atoms with Crippen LogP contribution in [0.2, 0.25) is 0 Å². The second-order valence-electron chi connectivity index (χ2n) is 5.04. The van der Waals surface area contributed by atoms with E-state index >= 15 is 0 Å². The molecule has 5 heteroatoms. The maximum absolute atomic E-state index is 13.4. The Bertz CT molecular complexity index is 769. The molecule has 22 heavy (non-hydrogen) atoms. The average Bonchev–Trinajstić information content (AvgIpc) is 3.02. The molecule has 1 heterocycles. The van der Waals surface area contributed by atoms with E-state index in [1.165, 1.54) is 6.07 Å². The van der Waals surface area contributed by atoms with E-state index in [2.05, 4.69) is 10.2 Å². The Kier molecular flexibility index (Phi) is 3.98. The molecule has 3 N–H and O–H groups in total. The molecular weight excluding hydrogens is 284 g/mol. The summed E-state index contributed by atoms with van der Waals surface area (Å²) < 4.78 is 26.5. The third-order valence-electron chi connectivity index (χ3n) is 3.62. The first-order valence-corrected chi connectivity index (χ1v) is 6.95. The number of H-pyrrole nitrogens is 1. The van der Waals surface area contributed by atoms with Crippen molar-refractivity contribution >= 4 is 0 Å². The van der Waals surface area contributed by atoms with Crippen LogP contribution in [0.25, 0.3) is 11.3 Å². The van der Waals surface area contributed by atoms with Crippen molar-refractivity contribution in [1.82, 2.24) is 10.2 Å². The highest BCUT2D eigenvalue weighted by molar-refractivity contribution is 5.59. The highest BCUT2D eigenvalue weighted by Crippen LogP contribution is 2.26. The molecule has 1 aromatic heterocycles. The van der Waals surface area contributed by atoms with Crippen molar-refractivity contribution in [3.05, 3.63) is 77.5 Å². The molecule has 0 amide bonds. The van der Waals surface area contributed by atoms with Crippen molar-refractivity contribution < 1.29 is 8.78 Å². The summed E-state index contributed by atoms with van der Waals surface area (Å²) in [4.78, 5) is 0. The van der Waals surface area contributed by atoms with Gasteiger partial charge in [0.1, 0.15) is 0 Å². The van der Waals surface area contributed by atoms with Crippen LogP contribution in [0.5, 0.6) is 0 Å². The van der Waals surface area contributed by atoms with Crippen LogP contribution in [0.3, 0.4) is 0 Å². The molecule has 0 bridgehead atoms. The number of halogens is 2. The molecule has 0 aliphatic rings. The fourth-order valence-corrected chi connectivity index (χ4v) is 2.44. The van der Waals surface area contributed by atoms with Crippen molar-refractivity contribution in [1.29, 1.82) is 0 Å². The van der Waals surface area contributed by atoms with Gasteiger partial charge in [0, 0.05) is 23.7 Å². The number of hydrogen-bond donors (Lipinski definition) is 2. The summed E-state index contributed by atoms with van der Waals surface area (Å²) in [7, 11) is 0. The van der Waals surface area contributed by atoms with Gasteiger partial charge in [0.2, 0.25) is 0 Å². The zero-order valence-corrected chi connectivity index (χ0v) is 11.8. The lowest BCUT2D eigenvalue weighted by Gasteiger charge is -2.13. The van der Waals surface area contributed by atoms with E-state index < -0.39 is 11.6 Å². The minimum Gasteiger partial charge on any atom is -0.329 e. The molecule has 3 aromatic rings. The van der Waals surface area contributed by atoms with E-state index in [-0.39, 0.29) is 12.5 Å². The van der Waals surface area contributed by atoms with Crippen molar-refractivity contribution in [2.24, 2.45) is 5.73 Å². The molecule has 0 spiro atoms. The molecule has 2 aromatic carbocycles. The zero-order valence-electron chi connectivity index (χ0n) is 11.8. The van der Waals surface area contributed by atoms with Crippen molar-refractivity contribution in [2.75, 3.05) is 6.54 Å². The smallest absolute Gasteiger partial charge is 0.159 e. The van der Waals surface area contributed by atoms with E-state index in [1.807, 2.05) is 36.4 Å². The Morgan fingerprint density at radius 1 is 1.00 bits per heavy atom. The van der Waals surface area contributed by atoms with E-state index in [4.69, 9.17) is 5.73 Å². The lowest BCUT2D eigenvalue weighted by Crippen LogP contribution is -2.14. The summed E-state index contributed by atoms with van der Waals surface area (Å²) in [6, 6.07) is 15.4. The highest BCUT2D eigenvalue weighted by atomic mass is 19.2. The van der Waals surface area contributed by atoms with Crippen LogP contribution in [-0.2, 0) is 0 Å². The van der Waals surface area contributed by atoms with Gasteiger partial charge < -0.3 is 5.73 Å². The van der Waals surface area contributed by atoms with E-state index in [1.54, 1.807) is 6.07 Å². The first-order chi connectivity index (χ1) is 10.7. The highest BCUT2D eigenvalue weighted by Gasteiger charge is 2.17. The number of nitrogens with one attached hydrogen (secondary N) is 1. The SMILES string of the molecule is NCC(c1ccc(F)c(F)c1)c1cc(-c2ccccc2)n[nH]1. The standard InChI is InChI=1S/C17H15F2N3/c18-14-7-6-12(8-15(14)19)13(10-20)17-9-16(21-22-17)11-4-2-1-3-5-11/h1-9,13H,10,20H2,(H,21,22). The molecule has 0 saturated carbocycles. The van der Waals surface area contributed by atoms with Crippen LogP contribution < -0.4 is 5.73 Å². The van der Waals surface area contributed by atoms with E-state index in [0.29, 0.717) is 5.56 Å². The quantitative estimate of drug-likeness (QED) is 0.775.